The highest BCUT2D eigenvalue weighted by Crippen LogP contribution is 2.28. The first-order chi connectivity index (χ1) is 11.9. The molecule has 2 aliphatic rings. The van der Waals surface area contributed by atoms with E-state index in [1.165, 1.54) is 15.6 Å². The molecule has 10 heteroatoms. The number of sulfonamides is 1. The van der Waals surface area contributed by atoms with E-state index in [4.69, 9.17) is 4.74 Å². The molecule has 0 spiro atoms. The van der Waals surface area contributed by atoms with Crippen molar-refractivity contribution < 1.29 is 17.9 Å². The van der Waals surface area contributed by atoms with Crippen LogP contribution < -0.4 is 5.32 Å². The minimum atomic E-state index is -3.47. The van der Waals surface area contributed by atoms with E-state index in [1.54, 1.807) is 11.0 Å². The standard InChI is InChI=1S/C16H25N3O4S2.ClH/c1-12-9-15(13(2)24-12)25(21,22)19-6-4-18(5-7-19)16(20)10-14-11-23-8-3-17-14;/h9,14,17H,3-8,10-11H2,1-2H3;1H. The smallest absolute Gasteiger partial charge is 0.244 e. The van der Waals surface area contributed by atoms with E-state index in [0.29, 0.717) is 50.7 Å². The summed E-state index contributed by atoms with van der Waals surface area (Å²) in [7, 11) is -3.47. The van der Waals surface area contributed by atoms with E-state index in [0.717, 1.165) is 16.3 Å². The van der Waals surface area contributed by atoms with Gasteiger partial charge >= 0.3 is 0 Å². The fraction of sp³-hybridized carbons (Fsp3) is 0.688. The topological polar surface area (TPSA) is 79.0 Å². The molecule has 7 nitrogen and oxygen atoms in total. The van der Waals surface area contributed by atoms with E-state index in [9.17, 15) is 13.2 Å². The molecule has 1 atom stereocenters. The fourth-order valence-corrected chi connectivity index (χ4v) is 6.22. The third-order valence-corrected chi connectivity index (χ3v) is 7.74. The average molecular weight is 424 g/mol. The first-order valence-corrected chi connectivity index (χ1v) is 10.8. The molecule has 3 heterocycles. The summed E-state index contributed by atoms with van der Waals surface area (Å²) in [5, 5.41) is 3.27. The van der Waals surface area contributed by atoms with Crippen LogP contribution in [0.3, 0.4) is 0 Å². The number of hydrogen-bond acceptors (Lipinski definition) is 6. The number of nitrogens with one attached hydrogen (secondary N) is 1. The number of amides is 1. The molecule has 0 aromatic carbocycles. The summed E-state index contributed by atoms with van der Waals surface area (Å²) in [6.07, 6.45) is 0.398. The van der Waals surface area contributed by atoms with E-state index in [-0.39, 0.29) is 24.4 Å². The van der Waals surface area contributed by atoms with Crippen LogP contribution in [0, 0.1) is 13.8 Å². The summed E-state index contributed by atoms with van der Waals surface area (Å²) < 4.78 is 32.5. The number of morpholine rings is 1. The summed E-state index contributed by atoms with van der Waals surface area (Å²) >= 11 is 1.50. The van der Waals surface area contributed by atoms with Gasteiger partial charge in [-0.3, -0.25) is 4.79 Å². The van der Waals surface area contributed by atoms with Gasteiger partial charge in [0.2, 0.25) is 15.9 Å². The van der Waals surface area contributed by atoms with Crippen LogP contribution in [0.25, 0.3) is 0 Å². The first-order valence-electron chi connectivity index (χ1n) is 8.54. The Hall–Kier alpha value is -0.710. The zero-order valence-corrected chi connectivity index (χ0v) is 17.5. The van der Waals surface area contributed by atoms with Gasteiger partial charge in [0, 0.05) is 54.9 Å². The van der Waals surface area contributed by atoms with Crippen molar-refractivity contribution in [2.24, 2.45) is 0 Å². The summed E-state index contributed by atoms with van der Waals surface area (Å²) in [5.74, 6) is 0.0580. The lowest BCUT2D eigenvalue weighted by Crippen LogP contribution is -2.52. The van der Waals surface area contributed by atoms with Crippen molar-refractivity contribution in [2.75, 3.05) is 45.9 Å². The van der Waals surface area contributed by atoms with E-state index >= 15 is 0 Å². The van der Waals surface area contributed by atoms with Crippen LogP contribution in [0.5, 0.6) is 0 Å². The third-order valence-electron chi connectivity index (χ3n) is 4.62. The predicted molar refractivity (Wildman–Crippen MR) is 104 cm³/mol. The molecule has 0 radical (unpaired) electrons. The van der Waals surface area contributed by atoms with Crippen molar-refractivity contribution in [2.45, 2.75) is 31.2 Å². The van der Waals surface area contributed by atoms with Crippen molar-refractivity contribution in [3.05, 3.63) is 15.8 Å². The van der Waals surface area contributed by atoms with Gasteiger partial charge in [-0.1, -0.05) is 0 Å². The van der Waals surface area contributed by atoms with Gasteiger partial charge in [0.05, 0.1) is 18.1 Å². The quantitative estimate of drug-likeness (QED) is 0.781. The summed E-state index contributed by atoms with van der Waals surface area (Å²) in [6, 6.07) is 1.79. The Morgan fingerprint density at radius 3 is 2.54 bits per heavy atom. The number of nitrogens with zero attached hydrogens (tertiary/aromatic N) is 2. The molecule has 1 N–H and O–H groups in total. The van der Waals surface area contributed by atoms with Gasteiger partial charge in [0.25, 0.3) is 0 Å². The SMILES string of the molecule is Cc1cc(S(=O)(=O)N2CCN(C(=O)CC3COCCN3)CC2)c(C)s1.Cl. The molecule has 1 amide bonds. The summed E-state index contributed by atoms with van der Waals surface area (Å²) in [6.45, 7) is 7.32. The number of rotatable bonds is 4. The molecule has 0 saturated carbocycles. The predicted octanol–water partition coefficient (Wildman–Crippen LogP) is 0.998. The number of ether oxygens (including phenoxy) is 1. The Labute approximate surface area is 165 Å². The molecule has 2 aliphatic heterocycles. The Balaban J connectivity index is 0.00000243. The van der Waals surface area contributed by atoms with E-state index in [1.807, 2.05) is 13.8 Å². The minimum Gasteiger partial charge on any atom is -0.378 e. The zero-order chi connectivity index (χ0) is 18.0. The van der Waals surface area contributed by atoms with E-state index in [2.05, 4.69) is 5.32 Å². The van der Waals surface area contributed by atoms with Gasteiger partial charge in [-0.05, 0) is 19.9 Å². The van der Waals surface area contributed by atoms with Crippen molar-refractivity contribution in [1.29, 1.82) is 0 Å². The van der Waals surface area contributed by atoms with Crippen molar-refractivity contribution in [3.8, 4) is 0 Å². The third kappa shape index (κ3) is 4.76. The van der Waals surface area contributed by atoms with Crippen molar-refractivity contribution in [3.63, 3.8) is 0 Å². The van der Waals surface area contributed by atoms with Crippen LogP contribution in [0.4, 0.5) is 0 Å². The number of thiophene rings is 1. The summed E-state index contributed by atoms with van der Waals surface area (Å²) in [5.41, 5.74) is 0. The van der Waals surface area contributed by atoms with Gasteiger partial charge in [0.15, 0.2) is 0 Å². The lowest BCUT2D eigenvalue weighted by Gasteiger charge is -2.35. The van der Waals surface area contributed by atoms with Crippen molar-refractivity contribution >= 4 is 39.7 Å². The second-order valence-electron chi connectivity index (χ2n) is 6.49. The Morgan fingerprint density at radius 1 is 1.31 bits per heavy atom. The molecule has 1 aromatic rings. The molecule has 0 bridgehead atoms. The molecule has 2 fully saturated rings. The average Bonchev–Trinajstić information content (AvgIpc) is 2.95. The highest BCUT2D eigenvalue weighted by atomic mass is 35.5. The highest BCUT2D eigenvalue weighted by molar-refractivity contribution is 7.89. The number of hydrogen-bond donors (Lipinski definition) is 1. The van der Waals surface area contributed by atoms with Crippen molar-refractivity contribution in [1.82, 2.24) is 14.5 Å². The fourth-order valence-electron chi connectivity index (χ4n) is 3.27. The Morgan fingerprint density at radius 2 is 2.00 bits per heavy atom. The molecule has 2 saturated heterocycles. The lowest BCUT2D eigenvalue weighted by molar-refractivity contribution is -0.133. The van der Waals surface area contributed by atoms with Gasteiger partial charge in [0.1, 0.15) is 0 Å². The Bertz CT molecular complexity index is 724. The van der Waals surface area contributed by atoms with Gasteiger partial charge in [-0.25, -0.2) is 8.42 Å². The lowest BCUT2D eigenvalue weighted by atomic mass is 10.1. The molecule has 1 unspecified atom stereocenters. The highest BCUT2D eigenvalue weighted by Gasteiger charge is 2.32. The molecule has 148 valence electrons. The maximum atomic E-state index is 12.8. The normalized spacial score (nSPS) is 22.1. The largest absolute Gasteiger partial charge is 0.378 e. The number of carbonyl (C=O) groups excluding carboxylic acids is 1. The van der Waals surface area contributed by atoms with Crippen LogP contribution in [-0.4, -0.2) is 75.5 Å². The number of piperazine rings is 1. The van der Waals surface area contributed by atoms with Crippen LogP contribution >= 0.6 is 23.7 Å². The zero-order valence-electron chi connectivity index (χ0n) is 15.1. The van der Waals surface area contributed by atoms with Gasteiger partial charge in [-0.15, -0.1) is 23.7 Å². The van der Waals surface area contributed by atoms with Crippen LogP contribution in [0.1, 0.15) is 16.2 Å². The number of halogens is 1. The van der Waals surface area contributed by atoms with Crippen LogP contribution in [0.2, 0.25) is 0 Å². The summed E-state index contributed by atoms with van der Waals surface area (Å²) in [4.78, 5) is 16.4. The second kappa shape index (κ2) is 8.99. The maximum Gasteiger partial charge on any atom is 0.244 e. The van der Waals surface area contributed by atoms with Crippen LogP contribution in [0.15, 0.2) is 11.0 Å². The monoisotopic (exact) mass is 423 g/mol. The second-order valence-corrected chi connectivity index (χ2v) is 9.86. The molecule has 3 rings (SSSR count). The number of aryl methyl sites for hydroxylation is 2. The van der Waals surface area contributed by atoms with Gasteiger partial charge in [-0.2, -0.15) is 4.31 Å². The van der Waals surface area contributed by atoms with Crippen LogP contribution in [-0.2, 0) is 19.6 Å². The van der Waals surface area contributed by atoms with Gasteiger partial charge < -0.3 is 15.0 Å². The molecule has 1 aromatic heterocycles. The molecule has 0 aliphatic carbocycles. The number of carbonyl (C=O) groups is 1. The maximum absolute atomic E-state index is 12.8. The molecule has 26 heavy (non-hydrogen) atoms. The Kier molecular flexibility index (Phi) is 7.46. The molecular weight excluding hydrogens is 398 g/mol. The first kappa shape index (κ1) is 21.6. The van der Waals surface area contributed by atoms with E-state index < -0.39 is 10.0 Å². The molecular formula is C16H26ClN3O4S2. The minimum absolute atomic E-state index is 0.